The van der Waals surface area contributed by atoms with E-state index in [1.54, 1.807) is 5.57 Å². The lowest BCUT2D eigenvalue weighted by molar-refractivity contribution is 0.262. The van der Waals surface area contributed by atoms with Crippen molar-refractivity contribution in [1.29, 1.82) is 0 Å². The lowest BCUT2D eigenvalue weighted by Crippen LogP contribution is -2.28. The van der Waals surface area contributed by atoms with Gasteiger partial charge >= 0.3 is 0 Å². The fourth-order valence-electron chi connectivity index (χ4n) is 2.68. The lowest BCUT2D eigenvalue weighted by atomic mass is 9.68. The molecule has 0 fully saturated rings. The summed E-state index contributed by atoms with van der Waals surface area (Å²) in [5.74, 6) is 2.30. The predicted octanol–water partition coefficient (Wildman–Crippen LogP) is 4.48. The Morgan fingerprint density at radius 2 is 1.86 bits per heavy atom. The molecule has 1 radical (unpaired) electrons. The Bertz CT molecular complexity index is 217. The van der Waals surface area contributed by atoms with Crippen LogP contribution in [0.15, 0.2) is 11.6 Å². The van der Waals surface area contributed by atoms with Gasteiger partial charge in [-0.2, -0.15) is 0 Å². The summed E-state index contributed by atoms with van der Waals surface area (Å²) >= 11 is 0. The van der Waals surface area contributed by atoms with Gasteiger partial charge in [-0.3, -0.25) is 0 Å². The van der Waals surface area contributed by atoms with Gasteiger partial charge in [-0.15, -0.1) is 0 Å². The third-order valence-electron chi connectivity index (χ3n) is 3.15. The minimum Gasteiger partial charge on any atom is -0.0825 e. The Morgan fingerprint density at radius 3 is 2.29 bits per heavy atom. The van der Waals surface area contributed by atoms with Gasteiger partial charge in [0.05, 0.1) is 0 Å². The molecule has 0 N–H and O–H groups in total. The third-order valence-corrected chi connectivity index (χ3v) is 3.15. The van der Waals surface area contributed by atoms with Crippen molar-refractivity contribution < 1.29 is 0 Å². The first-order chi connectivity index (χ1) is 6.29. The molecule has 0 bridgehead atoms. The van der Waals surface area contributed by atoms with E-state index in [4.69, 9.17) is 0 Å². The SMILES string of the molecule is CC1=CC(C)C([CH]C(C)(C)C)C(C)C1. The molecule has 0 saturated carbocycles. The van der Waals surface area contributed by atoms with Crippen molar-refractivity contribution in [3.8, 4) is 0 Å². The number of hydrogen-bond acceptors (Lipinski definition) is 0. The van der Waals surface area contributed by atoms with Crippen LogP contribution in [0.2, 0.25) is 0 Å². The Kier molecular flexibility index (Phi) is 3.44. The first-order valence-corrected chi connectivity index (χ1v) is 5.83. The molecule has 0 aromatic heterocycles. The van der Waals surface area contributed by atoms with E-state index in [1.165, 1.54) is 6.42 Å². The molecule has 0 spiro atoms. The number of rotatable bonds is 1. The summed E-state index contributed by atoms with van der Waals surface area (Å²) in [6, 6.07) is 0. The molecule has 0 heteroatoms. The van der Waals surface area contributed by atoms with E-state index in [2.05, 4.69) is 54.0 Å². The van der Waals surface area contributed by atoms with Crippen molar-refractivity contribution in [2.75, 3.05) is 0 Å². The first-order valence-electron chi connectivity index (χ1n) is 5.83. The van der Waals surface area contributed by atoms with Gasteiger partial charge in [-0.05, 0) is 42.9 Å². The fourth-order valence-corrected chi connectivity index (χ4v) is 2.68. The van der Waals surface area contributed by atoms with Gasteiger partial charge in [0.25, 0.3) is 0 Å². The van der Waals surface area contributed by atoms with Gasteiger partial charge in [0.1, 0.15) is 0 Å². The number of allylic oxidation sites excluding steroid dienone is 2. The topological polar surface area (TPSA) is 0 Å². The summed E-state index contributed by atoms with van der Waals surface area (Å²) in [6.07, 6.45) is 6.28. The molecular weight excluding hydrogens is 168 g/mol. The number of hydrogen-bond donors (Lipinski definition) is 0. The highest BCUT2D eigenvalue weighted by Crippen LogP contribution is 2.39. The van der Waals surface area contributed by atoms with Crippen LogP contribution in [0.3, 0.4) is 0 Å². The van der Waals surface area contributed by atoms with Gasteiger partial charge in [-0.1, -0.05) is 46.3 Å². The van der Waals surface area contributed by atoms with Gasteiger partial charge in [0, 0.05) is 0 Å². The molecule has 1 aliphatic rings. The zero-order valence-electron chi connectivity index (χ0n) is 10.6. The average Bonchev–Trinajstić information content (AvgIpc) is 1.95. The minimum absolute atomic E-state index is 0.353. The lowest BCUT2D eigenvalue weighted by Gasteiger charge is -2.37. The second-order valence-corrected chi connectivity index (χ2v) is 6.16. The maximum absolute atomic E-state index is 2.55. The Balaban J connectivity index is 2.69. The summed E-state index contributed by atoms with van der Waals surface area (Å²) in [4.78, 5) is 0. The van der Waals surface area contributed by atoms with Crippen LogP contribution >= 0.6 is 0 Å². The van der Waals surface area contributed by atoms with E-state index >= 15 is 0 Å². The molecule has 0 heterocycles. The van der Waals surface area contributed by atoms with E-state index in [1.807, 2.05) is 0 Å². The van der Waals surface area contributed by atoms with Gasteiger partial charge < -0.3 is 0 Å². The van der Waals surface area contributed by atoms with Gasteiger partial charge in [0.15, 0.2) is 0 Å². The largest absolute Gasteiger partial charge is 0.0825 e. The average molecular weight is 193 g/mol. The van der Waals surface area contributed by atoms with E-state index in [9.17, 15) is 0 Å². The van der Waals surface area contributed by atoms with Crippen molar-refractivity contribution in [2.24, 2.45) is 23.2 Å². The van der Waals surface area contributed by atoms with Gasteiger partial charge in [-0.25, -0.2) is 0 Å². The van der Waals surface area contributed by atoms with Crippen molar-refractivity contribution in [1.82, 2.24) is 0 Å². The van der Waals surface area contributed by atoms with Crippen LogP contribution in [-0.2, 0) is 0 Å². The monoisotopic (exact) mass is 193 g/mol. The predicted molar refractivity (Wildman–Crippen MR) is 63.9 cm³/mol. The Hall–Kier alpha value is -0.260. The molecule has 14 heavy (non-hydrogen) atoms. The summed E-state index contributed by atoms with van der Waals surface area (Å²) < 4.78 is 0. The zero-order chi connectivity index (χ0) is 10.9. The van der Waals surface area contributed by atoms with Crippen LogP contribution < -0.4 is 0 Å². The van der Waals surface area contributed by atoms with Crippen molar-refractivity contribution in [2.45, 2.75) is 48.0 Å². The van der Waals surface area contributed by atoms with E-state index in [-0.39, 0.29) is 0 Å². The summed E-state index contributed by atoms with van der Waals surface area (Å²) in [7, 11) is 0. The maximum Gasteiger partial charge on any atom is -0.0225 e. The van der Waals surface area contributed by atoms with Crippen LogP contribution in [0.25, 0.3) is 0 Å². The third kappa shape index (κ3) is 3.15. The van der Waals surface area contributed by atoms with E-state index < -0.39 is 0 Å². The first kappa shape index (κ1) is 11.8. The highest BCUT2D eigenvalue weighted by molar-refractivity contribution is 5.11. The van der Waals surface area contributed by atoms with Crippen LogP contribution in [0.5, 0.6) is 0 Å². The minimum atomic E-state index is 0.353. The van der Waals surface area contributed by atoms with Crippen LogP contribution in [0.4, 0.5) is 0 Å². The smallest absolute Gasteiger partial charge is 0.0225 e. The molecule has 0 nitrogen and oxygen atoms in total. The molecule has 0 amide bonds. The van der Waals surface area contributed by atoms with Crippen LogP contribution in [0, 0.1) is 29.6 Å². The van der Waals surface area contributed by atoms with Crippen molar-refractivity contribution in [3.05, 3.63) is 18.1 Å². The normalized spacial score (nSPS) is 34.1. The summed E-state index contributed by atoms with van der Waals surface area (Å²) in [5, 5.41) is 0. The van der Waals surface area contributed by atoms with Gasteiger partial charge in [0.2, 0.25) is 0 Å². The van der Waals surface area contributed by atoms with Crippen LogP contribution in [-0.4, -0.2) is 0 Å². The van der Waals surface area contributed by atoms with E-state index in [0.717, 1.165) is 17.8 Å². The zero-order valence-corrected chi connectivity index (χ0v) is 10.6. The maximum atomic E-state index is 2.55. The molecule has 1 aliphatic carbocycles. The molecule has 0 saturated heterocycles. The van der Waals surface area contributed by atoms with Crippen LogP contribution in [0.1, 0.15) is 48.0 Å². The van der Waals surface area contributed by atoms with Crippen molar-refractivity contribution >= 4 is 0 Å². The van der Waals surface area contributed by atoms with Crippen molar-refractivity contribution in [3.63, 3.8) is 0 Å². The molecule has 0 aromatic rings. The quantitative estimate of drug-likeness (QED) is 0.539. The Morgan fingerprint density at radius 1 is 1.29 bits per heavy atom. The molecule has 3 atom stereocenters. The molecule has 3 unspecified atom stereocenters. The van der Waals surface area contributed by atoms with E-state index in [0.29, 0.717) is 5.41 Å². The molecule has 81 valence electrons. The second kappa shape index (κ2) is 4.08. The highest BCUT2D eigenvalue weighted by atomic mass is 14.3. The molecule has 1 rings (SSSR count). The second-order valence-electron chi connectivity index (χ2n) is 6.16. The highest BCUT2D eigenvalue weighted by Gasteiger charge is 2.30. The molecule has 0 aliphatic heterocycles. The summed E-state index contributed by atoms with van der Waals surface area (Å²) in [6.45, 7) is 13.9. The molecular formula is C14H25. The molecule has 0 aromatic carbocycles. The fraction of sp³-hybridized carbons (Fsp3) is 0.786. The summed E-state index contributed by atoms with van der Waals surface area (Å²) in [5.41, 5.74) is 1.93. The Labute approximate surface area is 89.8 Å². The standard InChI is InChI=1S/C14H25/c1-10-7-11(2)13(12(3)8-10)9-14(4,5)6/h7,9,11-13H,8H2,1-6H3.